The lowest BCUT2D eigenvalue weighted by Gasteiger charge is -2.35. The fourth-order valence-corrected chi connectivity index (χ4v) is 3.42. The highest BCUT2D eigenvalue weighted by Crippen LogP contribution is 2.33. The van der Waals surface area contributed by atoms with Gasteiger partial charge in [-0.25, -0.2) is 4.68 Å². The molecule has 1 N–H and O–H groups in total. The topological polar surface area (TPSA) is 46.9 Å². The minimum absolute atomic E-state index is 0.0696. The van der Waals surface area contributed by atoms with E-state index in [0.717, 1.165) is 13.0 Å². The first-order valence-electron chi connectivity index (χ1n) is 8.08. The van der Waals surface area contributed by atoms with Crippen molar-refractivity contribution in [2.45, 2.75) is 58.5 Å². The van der Waals surface area contributed by atoms with Gasteiger partial charge in [-0.15, -0.1) is 0 Å². The number of rotatable bonds is 4. The molecule has 3 rings (SSSR count). The van der Waals surface area contributed by atoms with E-state index in [1.54, 1.807) is 10.9 Å². The van der Waals surface area contributed by atoms with Gasteiger partial charge < -0.3 is 5.32 Å². The summed E-state index contributed by atoms with van der Waals surface area (Å²) >= 11 is 6.22. The first-order chi connectivity index (χ1) is 10.1. The Morgan fingerprint density at radius 3 is 2.81 bits per heavy atom. The van der Waals surface area contributed by atoms with Gasteiger partial charge in [-0.3, -0.25) is 4.79 Å². The Kier molecular flexibility index (Phi) is 4.25. The van der Waals surface area contributed by atoms with Crippen molar-refractivity contribution in [2.75, 3.05) is 5.32 Å². The van der Waals surface area contributed by atoms with E-state index in [2.05, 4.69) is 24.3 Å². The van der Waals surface area contributed by atoms with Crippen molar-refractivity contribution < 1.29 is 0 Å². The van der Waals surface area contributed by atoms with Crippen molar-refractivity contribution in [2.24, 2.45) is 17.8 Å². The molecule has 2 saturated carbocycles. The van der Waals surface area contributed by atoms with Crippen LogP contribution in [0.3, 0.4) is 0 Å². The Morgan fingerprint density at radius 2 is 2.10 bits per heavy atom. The van der Waals surface area contributed by atoms with Gasteiger partial charge in [-0.05, 0) is 37.0 Å². The van der Waals surface area contributed by atoms with E-state index in [-0.39, 0.29) is 5.56 Å². The van der Waals surface area contributed by atoms with Crippen molar-refractivity contribution in [3.05, 3.63) is 21.6 Å². The largest absolute Gasteiger partial charge is 0.376 e. The molecule has 1 aromatic rings. The molecule has 3 unspecified atom stereocenters. The standard InChI is InChI=1S/C16H24ClN3O/c1-10-4-3-5-14(11(10)2)19-15-13(17)8-18-20(16(15)21)9-12-6-7-12/h8,10-12,14,19H,3-7,9H2,1-2H3. The highest BCUT2D eigenvalue weighted by Gasteiger charge is 2.29. The van der Waals surface area contributed by atoms with Gasteiger partial charge >= 0.3 is 0 Å². The minimum Gasteiger partial charge on any atom is -0.376 e. The van der Waals surface area contributed by atoms with Crippen LogP contribution < -0.4 is 10.9 Å². The number of hydrogen-bond donors (Lipinski definition) is 1. The second kappa shape index (κ2) is 5.99. The highest BCUT2D eigenvalue weighted by atomic mass is 35.5. The second-order valence-electron chi connectivity index (χ2n) is 6.82. The number of aromatic nitrogens is 2. The summed E-state index contributed by atoms with van der Waals surface area (Å²) in [5.74, 6) is 1.86. The number of halogens is 1. The van der Waals surface area contributed by atoms with Crippen molar-refractivity contribution in [3.63, 3.8) is 0 Å². The second-order valence-corrected chi connectivity index (χ2v) is 7.22. The van der Waals surface area contributed by atoms with Gasteiger partial charge in [0.1, 0.15) is 5.69 Å². The van der Waals surface area contributed by atoms with Crippen molar-refractivity contribution >= 4 is 17.3 Å². The molecule has 0 saturated heterocycles. The van der Waals surface area contributed by atoms with Crippen LogP contribution >= 0.6 is 11.6 Å². The molecule has 116 valence electrons. The molecule has 21 heavy (non-hydrogen) atoms. The van der Waals surface area contributed by atoms with Gasteiger partial charge in [0.15, 0.2) is 0 Å². The van der Waals surface area contributed by atoms with E-state index in [9.17, 15) is 4.79 Å². The van der Waals surface area contributed by atoms with Crippen LogP contribution in [0.25, 0.3) is 0 Å². The molecule has 4 nitrogen and oxygen atoms in total. The summed E-state index contributed by atoms with van der Waals surface area (Å²) in [6.07, 6.45) is 7.60. The van der Waals surface area contributed by atoms with E-state index >= 15 is 0 Å². The third kappa shape index (κ3) is 3.25. The van der Waals surface area contributed by atoms with Crippen LogP contribution in [0.4, 0.5) is 5.69 Å². The van der Waals surface area contributed by atoms with Crippen LogP contribution in [0.5, 0.6) is 0 Å². The average Bonchev–Trinajstić information content (AvgIpc) is 3.26. The molecule has 0 aromatic carbocycles. The van der Waals surface area contributed by atoms with E-state index in [1.807, 2.05) is 0 Å². The zero-order chi connectivity index (χ0) is 15.0. The molecule has 1 aromatic heterocycles. The molecule has 0 spiro atoms. The lowest BCUT2D eigenvalue weighted by molar-refractivity contribution is 0.253. The molecular formula is C16H24ClN3O. The smallest absolute Gasteiger partial charge is 0.291 e. The number of nitrogens with zero attached hydrogens (tertiary/aromatic N) is 2. The molecule has 2 aliphatic carbocycles. The van der Waals surface area contributed by atoms with Crippen LogP contribution in [-0.4, -0.2) is 15.8 Å². The Hall–Kier alpha value is -1.03. The van der Waals surface area contributed by atoms with Crippen molar-refractivity contribution in [1.82, 2.24) is 9.78 Å². The summed E-state index contributed by atoms with van der Waals surface area (Å²) in [5, 5.41) is 8.05. The van der Waals surface area contributed by atoms with Gasteiger partial charge in [0.2, 0.25) is 0 Å². The normalized spacial score (nSPS) is 29.4. The molecule has 3 atom stereocenters. The highest BCUT2D eigenvalue weighted by molar-refractivity contribution is 6.33. The predicted molar refractivity (Wildman–Crippen MR) is 85.8 cm³/mol. The minimum atomic E-state index is -0.0696. The first kappa shape index (κ1) is 14.9. The molecular weight excluding hydrogens is 286 g/mol. The van der Waals surface area contributed by atoms with Gasteiger partial charge in [0.25, 0.3) is 5.56 Å². The Balaban J connectivity index is 1.81. The van der Waals surface area contributed by atoms with Crippen LogP contribution in [0.1, 0.15) is 46.0 Å². The molecule has 2 fully saturated rings. The van der Waals surface area contributed by atoms with Crippen LogP contribution in [0.15, 0.2) is 11.0 Å². The summed E-state index contributed by atoms with van der Waals surface area (Å²) in [4.78, 5) is 12.6. The average molecular weight is 310 g/mol. The van der Waals surface area contributed by atoms with Gasteiger partial charge in [0.05, 0.1) is 11.2 Å². The quantitative estimate of drug-likeness (QED) is 0.925. The van der Waals surface area contributed by atoms with Crippen LogP contribution in [0, 0.1) is 17.8 Å². The zero-order valence-electron chi connectivity index (χ0n) is 12.8. The monoisotopic (exact) mass is 309 g/mol. The molecule has 0 radical (unpaired) electrons. The van der Waals surface area contributed by atoms with Crippen molar-refractivity contribution in [1.29, 1.82) is 0 Å². The van der Waals surface area contributed by atoms with Crippen molar-refractivity contribution in [3.8, 4) is 0 Å². The first-order valence-corrected chi connectivity index (χ1v) is 8.46. The van der Waals surface area contributed by atoms with Gasteiger partial charge in [-0.1, -0.05) is 38.3 Å². The molecule has 5 heteroatoms. The fraction of sp³-hybridized carbons (Fsp3) is 0.750. The van der Waals surface area contributed by atoms with Gasteiger partial charge in [-0.2, -0.15) is 5.10 Å². The Labute approximate surface area is 130 Å². The maximum Gasteiger partial charge on any atom is 0.291 e. The molecule has 0 bridgehead atoms. The maximum absolute atomic E-state index is 12.6. The van der Waals surface area contributed by atoms with Crippen LogP contribution in [0.2, 0.25) is 5.02 Å². The summed E-state index contributed by atoms with van der Waals surface area (Å²) < 4.78 is 1.57. The van der Waals surface area contributed by atoms with E-state index in [4.69, 9.17) is 11.6 Å². The Bertz CT molecular complexity index is 567. The summed E-state index contributed by atoms with van der Waals surface area (Å²) in [7, 11) is 0. The number of anilines is 1. The zero-order valence-corrected chi connectivity index (χ0v) is 13.6. The molecule has 0 amide bonds. The lowest BCUT2D eigenvalue weighted by atomic mass is 9.78. The lowest BCUT2D eigenvalue weighted by Crippen LogP contribution is -2.38. The molecule has 0 aliphatic heterocycles. The predicted octanol–water partition coefficient (Wildman–Crippen LogP) is 3.54. The van der Waals surface area contributed by atoms with Crippen LogP contribution in [-0.2, 0) is 6.54 Å². The third-order valence-electron chi connectivity index (χ3n) is 5.16. The van der Waals surface area contributed by atoms with E-state index < -0.39 is 0 Å². The van der Waals surface area contributed by atoms with E-state index in [1.165, 1.54) is 25.7 Å². The number of nitrogens with one attached hydrogen (secondary N) is 1. The number of hydrogen-bond acceptors (Lipinski definition) is 3. The Morgan fingerprint density at radius 1 is 1.33 bits per heavy atom. The fourth-order valence-electron chi connectivity index (χ4n) is 3.25. The third-order valence-corrected chi connectivity index (χ3v) is 5.45. The summed E-state index contributed by atoms with van der Waals surface area (Å²) in [5.41, 5.74) is 0.470. The molecule has 2 aliphatic rings. The maximum atomic E-state index is 12.6. The SMILES string of the molecule is CC1CCCC(Nc2c(Cl)cnn(CC3CC3)c2=O)C1C. The summed E-state index contributed by atoms with van der Waals surface area (Å²) in [6.45, 7) is 5.28. The molecule has 1 heterocycles. The summed E-state index contributed by atoms with van der Waals surface area (Å²) in [6, 6.07) is 0.329. The van der Waals surface area contributed by atoms with E-state index in [0.29, 0.717) is 34.5 Å². The van der Waals surface area contributed by atoms with Gasteiger partial charge in [0, 0.05) is 12.6 Å².